The summed E-state index contributed by atoms with van der Waals surface area (Å²) in [6.07, 6.45) is 11.3. The molecule has 1 aliphatic carbocycles. The summed E-state index contributed by atoms with van der Waals surface area (Å²) >= 11 is 1.37. The van der Waals surface area contributed by atoms with Gasteiger partial charge in [0, 0.05) is 19.1 Å². The number of aryl methyl sites for hydroxylation is 1. The molecule has 0 saturated carbocycles. The molecule has 158 valence electrons. The van der Waals surface area contributed by atoms with E-state index in [1.54, 1.807) is 0 Å². The van der Waals surface area contributed by atoms with E-state index >= 15 is 0 Å². The molecule has 0 aromatic carbocycles. The Labute approximate surface area is 180 Å². The SMILES string of the molecule is Cc1c(C(=O)N2CCCC3=C[C@H]4C[C@@H](CN5CCCCC45)C32)sc2nc[nH]c(=O)c12. The summed E-state index contributed by atoms with van der Waals surface area (Å²) in [5, 5.41) is 0.566. The van der Waals surface area contributed by atoms with E-state index < -0.39 is 0 Å². The minimum Gasteiger partial charge on any atom is -0.331 e. The summed E-state index contributed by atoms with van der Waals surface area (Å²) in [5.74, 6) is 1.29. The van der Waals surface area contributed by atoms with Gasteiger partial charge in [0.05, 0.1) is 22.6 Å². The van der Waals surface area contributed by atoms with Gasteiger partial charge in [-0.2, -0.15) is 0 Å². The van der Waals surface area contributed by atoms with Crippen LogP contribution in [0.3, 0.4) is 0 Å². The van der Waals surface area contributed by atoms with E-state index in [0.717, 1.165) is 37.5 Å². The Kier molecular flexibility index (Phi) is 4.39. The quantitative estimate of drug-likeness (QED) is 0.713. The van der Waals surface area contributed by atoms with Crippen LogP contribution in [0.1, 0.15) is 53.8 Å². The van der Waals surface area contributed by atoms with Crippen molar-refractivity contribution in [1.29, 1.82) is 0 Å². The fourth-order valence-corrected chi connectivity index (χ4v) is 7.72. The highest BCUT2D eigenvalue weighted by Crippen LogP contribution is 2.45. The van der Waals surface area contributed by atoms with E-state index in [9.17, 15) is 9.59 Å². The van der Waals surface area contributed by atoms with Crippen molar-refractivity contribution in [2.24, 2.45) is 11.8 Å². The first kappa shape index (κ1) is 18.8. The van der Waals surface area contributed by atoms with Crippen molar-refractivity contribution in [3.63, 3.8) is 0 Å². The van der Waals surface area contributed by atoms with E-state index in [4.69, 9.17) is 0 Å². The van der Waals surface area contributed by atoms with Gasteiger partial charge in [-0.25, -0.2) is 4.98 Å². The van der Waals surface area contributed by atoms with Crippen LogP contribution < -0.4 is 5.56 Å². The minimum atomic E-state index is -0.157. The van der Waals surface area contributed by atoms with E-state index in [0.29, 0.717) is 26.9 Å². The number of nitrogens with zero attached hydrogens (tertiary/aromatic N) is 3. The lowest BCUT2D eigenvalue weighted by molar-refractivity contribution is 0.00160. The second kappa shape index (κ2) is 7.02. The summed E-state index contributed by atoms with van der Waals surface area (Å²) in [6, 6.07) is 0.943. The standard InChI is InChI=1S/C23H28N4O2S/c1-13-18-21(28)24-12-25-22(18)30-20(13)23(29)27-8-4-5-14-9-15-10-16(19(14)27)11-26-7-3-2-6-17(15)26/h9,12,15-17,19H,2-8,10-11H2,1H3,(H,24,25,28)/t15-,16-,17?,19?/m0/s1. The number of thiophene rings is 1. The topological polar surface area (TPSA) is 69.3 Å². The van der Waals surface area contributed by atoms with Crippen molar-refractivity contribution in [2.45, 2.75) is 57.5 Å². The molecule has 2 bridgehead atoms. The summed E-state index contributed by atoms with van der Waals surface area (Å²) < 4.78 is 0. The largest absolute Gasteiger partial charge is 0.331 e. The van der Waals surface area contributed by atoms with Crippen molar-refractivity contribution in [2.75, 3.05) is 19.6 Å². The third kappa shape index (κ3) is 2.74. The van der Waals surface area contributed by atoms with Crippen LogP contribution in [0.25, 0.3) is 10.2 Å². The molecule has 0 radical (unpaired) electrons. The molecule has 6 rings (SSSR count). The number of piperidine rings is 3. The highest BCUT2D eigenvalue weighted by Gasteiger charge is 2.47. The fraction of sp³-hybridized carbons (Fsp3) is 0.609. The van der Waals surface area contributed by atoms with Crippen molar-refractivity contribution >= 4 is 27.5 Å². The molecular formula is C23H28N4O2S. The van der Waals surface area contributed by atoms with Crippen LogP contribution >= 0.6 is 11.3 Å². The first-order chi connectivity index (χ1) is 14.6. The summed E-state index contributed by atoms with van der Waals surface area (Å²) in [5.41, 5.74) is 2.12. The Bertz CT molecular complexity index is 1100. The molecule has 6 nitrogen and oxygen atoms in total. The monoisotopic (exact) mass is 424 g/mol. The zero-order valence-electron chi connectivity index (χ0n) is 17.4. The Balaban J connectivity index is 1.37. The lowest BCUT2D eigenvalue weighted by Crippen LogP contribution is -2.60. The predicted octanol–water partition coefficient (Wildman–Crippen LogP) is 3.33. The average molecular weight is 425 g/mol. The first-order valence-corrected chi connectivity index (χ1v) is 12.2. The van der Waals surface area contributed by atoms with E-state index in [-0.39, 0.29) is 17.5 Å². The second-order valence-electron chi connectivity index (χ2n) is 9.47. The molecule has 3 aliphatic heterocycles. The number of H-pyrrole nitrogens is 1. The number of fused-ring (bicyclic) bond motifs is 7. The average Bonchev–Trinajstić information content (AvgIpc) is 3.10. The van der Waals surface area contributed by atoms with Crippen LogP contribution in [0, 0.1) is 18.8 Å². The fourth-order valence-electron chi connectivity index (χ4n) is 6.61. The number of likely N-dealkylation sites (tertiary alicyclic amines) is 1. The molecule has 1 N–H and O–H groups in total. The molecule has 5 heterocycles. The molecule has 3 fully saturated rings. The van der Waals surface area contributed by atoms with Gasteiger partial charge in [0.15, 0.2) is 0 Å². The Morgan fingerprint density at radius 1 is 1.27 bits per heavy atom. The maximum atomic E-state index is 13.8. The van der Waals surface area contributed by atoms with E-state index in [1.165, 1.54) is 55.5 Å². The summed E-state index contributed by atoms with van der Waals surface area (Å²) in [6.45, 7) is 5.04. The summed E-state index contributed by atoms with van der Waals surface area (Å²) in [4.78, 5) is 39.2. The number of amides is 1. The Hall–Kier alpha value is -1.99. The molecule has 3 saturated heterocycles. The van der Waals surface area contributed by atoms with Gasteiger partial charge in [-0.05, 0) is 63.0 Å². The molecular weight excluding hydrogens is 396 g/mol. The molecule has 2 unspecified atom stereocenters. The normalized spacial score (nSPS) is 31.2. The van der Waals surface area contributed by atoms with Gasteiger partial charge in [-0.15, -0.1) is 11.3 Å². The number of hydrogen-bond acceptors (Lipinski definition) is 5. The zero-order valence-corrected chi connectivity index (χ0v) is 18.2. The Morgan fingerprint density at radius 3 is 3.03 bits per heavy atom. The number of carbonyl (C=O) groups is 1. The van der Waals surface area contributed by atoms with Crippen LogP contribution in [0.2, 0.25) is 0 Å². The van der Waals surface area contributed by atoms with Crippen molar-refractivity contribution < 1.29 is 4.79 Å². The number of carbonyl (C=O) groups excluding carboxylic acids is 1. The van der Waals surface area contributed by atoms with Gasteiger partial charge < -0.3 is 9.88 Å². The number of hydrogen-bond donors (Lipinski definition) is 1. The maximum Gasteiger partial charge on any atom is 0.264 e. The lowest BCUT2D eigenvalue weighted by atomic mass is 9.68. The number of aromatic nitrogens is 2. The molecule has 2 aromatic heterocycles. The van der Waals surface area contributed by atoms with Gasteiger partial charge in [-0.3, -0.25) is 14.5 Å². The molecule has 2 aromatic rings. The van der Waals surface area contributed by atoms with Gasteiger partial charge >= 0.3 is 0 Å². The lowest BCUT2D eigenvalue weighted by Gasteiger charge is -2.54. The smallest absolute Gasteiger partial charge is 0.264 e. The third-order valence-electron chi connectivity index (χ3n) is 7.85. The molecule has 4 atom stereocenters. The number of rotatable bonds is 1. The molecule has 1 amide bonds. The van der Waals surface area contributed by atoms with Gasteiger partial charge in [0.1, 0.15) is 4.83 Å². The number of nitrogens with one attached hydrogen (secondary N) is 1. The van der Waals surface area contributed by atoms with Crippen molar-refractivity contribution in [1.82, 2.24) is 19.8 Å². The maximum absolute atomic E-state index is 13.8. The Morgan fingerprint density at radius 2 is 2.17 bits per heavy atom. The highest BCUT2D eigenvalue weighted by molar-refractivity contribution is 7.20. The van der Waals surface area contributed by atoms with Gasteiger partial charge in [0.25, 0.3) is 11.5 Å². The molecule has 4 aliphatic rings. The van der Waals surface area contributed by atoms with E-state index in [1.807, 2.05) is 6.92 Å². The second-order valence-corrected chi connectivity index (χ2v) is 10.5. The molecule has 0 spiro atoms. The van der Waals surface area contributed by atoms with Crippen LogP contribution in [0.4, 0.5) is 0 Å². The van der Waals surface area contributed by atoms with Crippen LogP contribution in [0.5, 0.6) is 0 Å². The van der Waals surface area contributed by atoms with Gasteiger partial charge in [0.2, 0.25) is 0 Å². The van der Waals surface area contributed by atoms with Crippen molar-refractivity contribution in [3.8, 4) is 0 Å². The highest BCUT2D eigenvalue weighted by atomic mass is 32.1. The van der Waals surface area contributed by atoms with Crippen LogP contribution in [0.15, 0.2) is 22.8 Å². The van der Waals surface area contributed by atoms with Crippen LogP contribution in [-0.4, -0.2) is 57.4 Å². The minimum absolute atomic E-state index is 0.0877. The van der Waals surface area contributed by atoms with E-state index in [2.05, 4.69) is 25.8 Å². The zero-order chi connectivity index (χ0) is 20.4. The summed E-state index contributed by atoms with van der Waals surface area (Å²) in [7, 11) is 0. The third-order valence-corrected chi connectivity index (χ3v) is 9.03. The number of aromatic amines is 1. The van der Waals surface area contributed by atoms with Crippen LogP contribution in [-0.2, 0) is 0 Å². The molecule has 7 heteroatoms. The first-order valence-electron chi connectivity index (χ1n) is 11.3. The van der Waals surface area contributed by atoms with Gasteiger partial charge in [-0.1, -0.05) is 18.1 Å². The predicted molar refractivity (Wildman–Crippen MR) is 118 cm³/mol. The van der Waals surface area contributed by atoms with Crippen molar-refractivity contribution in [3.05, 3.63) is 38.8 Å². The molecule has 30 heavy (non-hydrogen) atoms.